The third-order valence-corrected chi connectivity index (χ3v) is 4.62. The van der Waals surface area contributed by atoms with Gasteiger partial charge in [0.05, 0.1) is 0 Å². The summed E-state index contributed by atoms with van der Waals surface area (Å²) in [4.78, 5) is 26.1. The molecule has 1 atom stereocenters. The Kier molecular flexibility index (Phi) is 5.49. The second-order valence-corrected chi connectivity index (χ2v) is 6.70. The zero-order chi connectivity index (χ0) is 17.6. The van der Waals surface area contributed by atoms with E-state index in [1.807, 2.05) is 66.4 Å². The van der Waals surface area contributed by atoms with Gasteiger partial charge in [-0.25, -0.2) is 0 Å². The van der Waals surface area contributed by atoms with Crippen LogP contribution in [0.1, 0.15) is 24.0 Å². The van der Waals surface area contributed by atoms with Crippen molar-refractivity contribution in [1.82, 2.24) is 5.32 Å². The van der Waals surface area contributed by atoms with Crippen LogP contribution in [-0.4, -0.2) is 24.9 Å². The molecule has 2 amide bonds. The fourth-order valence-corrected chi connectivity index (χ4v) is 3.14. The largest absolute Gasteiger partial charge is 0.356 e. The first kappa shape index (κ1) is 17.2. The van der Waals surface area contributed by atoms with E-state index in [4.69, 9.17) is 0 Å². The van der Waals surface area contributed by atoms with Crippen molar-refractivity contribution in [3.05, 3.63) is 65.7 Å². The zero-order valence-electron chi connectivity index (χ0n) is 14.6. The predicted octanol–water partition coefficient (Wildman–Crippen LogP) is 3.10. The predicted molar refractivity (Wildman–Crippen MR) is 99.4 cm³/mol. The van der Waals surface area contributed by atoms with Gasteiger partial charge in [0, 0.05) is 37.5 Å². The molecule has 0 radical (unpaired) electrons. The Morgan fingerprint density at radius 3 is 2.56 bits per heavy atom. The Bertz CT molecular complexity index is 725. The van der Waals surface area contributed by atoms with Crippen LogP contribution < -0.4 is 10.2 Å². The Labute approximate surface area is 148 Å². The number of hydrogen-bond acceptors (Lipinski definition) is 2. The molecular weight excluding hydrogens is 312 g/mol. The molecule has 1 unspecified atom stereocenters. The van der Waals surface area contributed by atoms with E-state index >= 15 is 0 Å². The number of amides is 2. The van der Waals surface area contributed by atoms with Gasteiger partial charge in [-0.05, 0) is 31.0 Å². The normalized spacial score (nSPS) is 16.9. The lowest BCUT2D eigenvalue weighted by Crippen LogP contribution is -2.31. The Hall–Kier alpha value is -2.62. The minimum atomic E-state index is 0.0464. The van der Waals surface area contributed by atoms with Crippen LogP contribution in [0.15, 0.2) is 54.6 Å². The molecule has 1 heterocycles. The second-order valence-electron chi connectivity index (χ2n) is 6.70. The topological polar surface area (TPSA) is 49.4 Å². The fourth-order valence-electron chi connectivity index (χ4n) is 3.14. The summed E-state index contributed by atoms with van der Waals surface area (Å²) in [6.45, 7) is 3.26. The van der Waals surface area contributed by atoms with Crippen molar-refractivity contribution in [2.24, 2.45) is 5.92 Å². The molecule has 2 aromatic carbocycles. The van der Waals surface area contributed by atoms with Gasteiger partial charge in [-0.15, -0.1) is 0 Å². The van der Waals surface area contributed by atoms with Crippen molar-refractivity contribution >= 4 is 17.5 Å². The standard InChI is InChI=1S/C21H24N2O2/c1-16-7-10-19(11-8-16)23-15-18(13-21(23)25)14-22-20(24)12-9-17-5-3-2-4-6-17/h2-8,10-11,18H,9,12-15H2,1H3,(H,22,24). The molecule has 0 aliphatic carbocycles. The number of hydrogen-bond donors (Lipinski definition) is 1. The number of nitrogens with one attached hydrogen (secondary N) is 1. The molecule has 0 spiro atoms. The molecule has 4 nitrogen and oxygen atoms in total. The number of carbonyl (C=O) groups excluding carboxylic acids is 2. The molecule has 0 saturated carbocycles. The van der Waals surface area contributed by atoms with Crippen LogP contribution in [0.25, 0.3) is 0 Å². The maximum atomic E-state index is 12.2. The van der Waals surface area contributed by atoms with Gasteiger partial charge in [0.2, 0.25) is 11.8 Å². The summed E-state index contributed by atoms with van der Waals surface area (Å²) in [7, 11) is 0. The summed E-state index contributed by atoms with van der Waals surface area (Å²) in [5.74, 6) is 0.354. The highest BCUT2D eigenvalue weighted by Crippen LogP contribution is 2.25. The van der Waals surface area contributed by atoms with Gasteiger partial charge in [-0.2, -0.15) is 0 Å². The molecule has 1 fully saturated rings. The van der Waals surface area contributed by atoms with Gasteiger partial charge in [0.15, 0.2) is 0 Å². The second kappa shape index (κ2) is 7.97. The van der Waals surface area contributed by atoms with Crippen LogP contribution in [0.2, 0.25) is 0 Å². The summed E-state index contributed by atoms with van der Waals surface area (Å²) in [6.07, 6.45) is 1.71. The Balaban J connectivity index is 1.45. The molecule has 4 heteroatoms. The average molecular weight is 336 g/mol. The van der Waals surface area contributed by atoms with Gasteiger partial charge in [-0.3, -0.25) is 9.59 Å². The molecule has 1 saturated heterocycles. The van der Waals surface area contributed by atoms with Crippen LogP contribution >= 0.6 is 0 Å². The van der Waals surface area contributed by atoms with Crippen LogP contribution in [0.4, 0.5) is 5.69 Å². The number of anilines is 1. The lowest BCUT2D eigenvalue weighted by Gasteiger charge is -2.17. The van der Waals surface area contributed by atoms with Crippen LogP contribution in [0.3, 0.4) is 0 Å². The van der Waals surface area contributed by atoms with Crippen LogP contribution in [-0.2, 0) is 16.0 Å². The van der Waals surface area contributed by atoms with Crippen LogP contribution in [0.5, 0.6) is 0 Å². The van der Waals surface area contributed by atoms with E-state index < -0.39 is 0 Å². The fraction of sp³-hybridized carbons (Fsp3) is 0.333. The first-order valence-corrected chi connectivity index (χ1v) is 8.79. The molecule has 3 rings (SSSR count). The van der Waals surface area contributed by atoms with Crippen molar-refractivity contribution in [2.75, 3.05) is 18.0 Å². The number of benzene rings is 2. The van der Waals surface area contributed by atoms with E-state index in [0.29, 0.717) is 25.9 Å². The van der Waals surface area contributed by atoms with Gasteiger partial charge >= 0.3 is 0 Å². The molecular formula is C21H24N2O2. The third-order valence-electron chi connectivity index (χ3n) is 4.62. The maximum absolute atomic E-state index is 12.2. The first-order chi connectivity index (χ1) is 12.1. The van der Waals surface area contributed by atoms with Gasteiger partial charge < -0.3 is 10.2 Å². The van der Waals surface area contributed by atoms with Gasteiger partial charge in [0.25, 0.3) is 0 Å². The number of aryl methyl sites for hydroxylation is 2. The molecule has 130 valence electrons. The molecule has 1 aliphatic heterocycles. The van der Waals surface area contributed by atoms with E-state index in [1.54, 1.807) is 0 Å². The highest BCUT2D eigenvalue weighted by Gasteiger charge is 2.30. The van der Waals surface area contributed by atoms with E-state index in [9.17, 15) is 9.59 Å². The summed E-state index contributed by atoms with van der Waals surface area (Å²) < 4.78 is 0. The third kappa shape index (κ3) is 4.69. The Morgan fingerprint density at radius 1 is 1.12 bits per heavy atom. The van der Waals surface area contributed by atoms with E-state index in [0.717, 1.165) is 12.1 Å². The monoisotopic (exact) mass is 336 g/mol. The summed E-state index contributed by atoms with van der Waals surface area (Å²) in [5, 5.41) is 2.98. The van der Waals surface area contributed by atoms with E-state index in [2.05, 4.69) is 5.32 Å². The van der Waals surface area contributed by atoms with Crippen molar-refractivity contribution in [1.29, 1.82) is 0 Å². The van der Waals surface area contributed by atoms with Crippen molar-refractivity contribution in [3.63, 3.8) is 0 Å². The summed E-state index contributed by atoms with van der Waals surface area (Å²) in [5.41, 5.74) is 3.28. The van der Waals surface area contributed by atoms with Crippen molar-refractivity contribution < 1.29 is 9.59 Å². The van der Waals surface area contributed by atoms with Crippen molar-refractivity contribution in [3.8, 4) is 0 Å². The van der Waals surface area contributed by atoms with E-state index in [1.165, 1.54) is 11.1 Å². The van der Waals surface area contributed by atoms with Gasteiger partial charge in [-0.1, -0.05) is 48.0 Å². The lowest BCUT2D eigenvalue weighted by molar-refractivity contribution is -0.121. The summed E-state index contributed by atoms with van der Waals surface area (Å²) >= 11 is 0. The quantitative estimate of drug-likeness (QED) is 0.881. The molecule has 25 heavy (non-hydrogen) atoms. The molecule has 1 aliphatic rings. The zero-order valence-corrected chi connectivity index (χ0v) is 14.6. The smallest absolute Gasteiger partial charge is 0.227 e. The first-order valence-electron chi connectivity index (χ1n) is 8.79. The number of carbonyl (C=O) groups is 2. The SMILES string of the molecule is Cc1ccc(N2CC(CNC(=O)CCc3ccccc3)CC2=O)cc1. The number of rotatable bonds is 6. The molecule has 0 aromatic heterocycles. The minimum absolute atomic E-state index is 0.0464. The highest BCUT2D eigenvalue weighted by atomic mass is 16.2. The minimum Gasteiger partial charge on any atom is -0.356 e. The number of nitrogens with zero attached hydrogens (tertiary/aromatic N) is 1. The summed E-state index contributed by atoms with van der Waals surface area (Å²) in [6, 6.07) is 18.0. The van der Waals surface area contributed by atoms with Crippen LogP contribution in [0, 0.1) is 12.8 Å². The maximum Gasteiger partial charge on any atom is 0.227 e. The lowest BCUT2D eigenvalue weighted by atomic mass is 10.1. The average Bonchev–Trinajstić information content (AvgIpc) is 3.00. The van der Waals surface area contributed by atoms with Crippen molar-refractivity contribution in [2.45, 2.75) is 26.2 Å². The molecule has 0 bridgehead atoms. The van der Waals surface area contributed by atoms with E-state index in [-0.39, 0.29) is 17.7 Å². The Morgan fingerprint density at radius 2 is 1.84 bits per heavy atom. The molecule has 1 N–H and O–H groups in total. The van der Waals surface area contributed by atoms with Gasteiger partial charge in [0.1, 0.15) is 0 Å². The molecule has 2 aromatic rings. The highest BCUT2D eigenvalue weighted by molar-refractivity contribution is 5.95.